The molecule has 0 saturated carbocycles. The van der Waals surface area contributed by atoms with Crippen LogP contribution in [0.25, 0.3) is 0 Å². The lowest BCUT2D eigenvalue weighted by molar-refractivity contribution is 0.488. The van der Waals surface area contributed by atoms with Crippen molar-refractivity contribution in [3.05, 3.63) is 28.2 Å². The number of rotatable bonds is 2. The molecule has 0 aliphatic heterocycles. The molecule has 13 heavy (non-hydrogen) atoms. The molecule has 1 aromatic carbocycles. The molecule has 0 spiro atoms. The van der Waals surface area contributed by atoms with Crippen molar-refractivity contribution in [3.8, 4) is 5.75 Å². The van der Waals surface area contributed by atoms with Gasteiger partial charge in [-0.3, -0.25) is 0 Å². The summed E-state index contributed by atoms with van der Waals surface area (Å²) in [6.07, 6.45) is 0. The summed E-state index contributed by atoms with van der Waals surface area (Å²) in [7, 11) is -4.06. The van der Waals surface area contributed by atoms with Crippen molar-refractivity contribution in [1.82, 2.24) is 0 Å². The van der Waals surface area contributed by atoms with E-state index in [9.17, 15) is 8.42 Å². The molecular formula is C6H5Cl2NO3S. The van der Waals surface area contributed by atoms with Gasteiger partial charge in [0.1, 0.15) is 5.02 Å². The van der Waals surface area contributed by atoms with Crippen LogP contribution in [-0.2, 0) is 10.3 Å². The van der Waals surface area contributed by atoms with E-state index in [0.717, 1.165) is 0 Å². The van der Waals surface area contributed by atoms with Crippen molar-refractivity contribution >= 4 is 33.5 Å². The van der Waals surface area contributed by atoms with Crippen LogP contribution in [0, 0.1) is 0 Å². The second-order valence-corrected chi connectivity index (χ2v) is 4.07. The Labute approximate surface area is 85.5 Å². The van der Waals surface area contributed by atoms with Gasteiger partial charge in [0.05, 0.1) is 5.02 Å². The lowest BCUT2D eigenvalue weighted by Crippen LogP contribution is -2.19. The minimum Gasteiger partial charge on any atom is -0.369 e. The van der Waals surface area contributed by atoms with Gasteiger partial charge >= 0.3 is 10.3 Å². The molecule has 0 atom stereocenters. The fraction of sp³-hybridized carbons (Fsp3) is 0. The Kier molecular flexibility index (Phi) is 3.02. The van der Waals surface area contributed by atoms with Crippen LogP contribution in [0.2, 0.25) is 10.0 Å². The van der Waals surface area contributed by atoms with Crippen molar-refractivity contribution < 1.29 is 12.6 Å². The largest absolute Gasteiger partial charge is 0.380 e. The highest BCUT2D eigenvalue weighted by atomic mass is 35.5. The molecule has 0 radical (unpaired) electrons. The topological polar surface area (TPSA) is 69.4 Å². The summed E-state index contributed by atoms with van der Waals surface area (Å²) in [5, 5.41) is 4.84. The van der Waals surface area contributed by atoms with Gasteiger partial charge in [-0.05, 0) is 12.1 Å². The van der Waals surface area contributed by atoms with Crippen LogP contribution in [0.1, 0.15) is 0 Å². The zero-order valence-corrected chi connectivity index (χ0v) is 8.53. The Balaban J connectivity index is 3.10. The molecular weight excluding hydrogens is 237 g/mol. The SMILES string of the molecule is NS(=O)(=O)Oc1cccc(Cl)c1Cl. The zero-order chi connectivity index (χ0) is 10.1. The van der Waals surface area contributed by atoms with Crippen LogP contribution in [0.5, 0.6) is 5.75 Å². The quantitative estimate of drug-likeness (QED) is 0.855. The molecule has 0 aliphatic rings. The monoisotopic (exact) mass is 241 g/mol. The molecule has 0 bridgehead atoms. The molecule has 0 unspecified atom stereocenters. The summed E-state index contributed by atoms with van der Waals surface area (Å²) in [5.74, 6) is -0.0864. The average molecular weight is 242 g/mol. The summed E-state index contributed by atoms with van der Waals surface area (Å²) in [6, 6.07) is 4.34. The van der Waals surface area contributed by atoms with Crippen LogP contribution in [0.4, 0.5) is 0 Å². The summed E-state index contributed by atoms with van der Waals surface area (Å²) >= 11 is 11.2. The predicted octanol–water partition coefficient (Wildman–Crippen LogP) is 1.58. The van der Waals surface area contributed by atoms with E-state index in [1.54, 1.807) is 0 Å². The normalized spacial score (nSPS) is 11.3. The molecule has 72 valence electrons. The maximum absolute atomic E-state index is 10.5. The number of benzene rings is 1. The van der Waals surface area contributed by atoms with Gasteiger partial charge in [-0.25, -0.2) is 0 Å². The van der Waals surface area contributed by atoms with Gasteiger partial charge in [0.2, 0.25) is 0 Å². The maximum Gasteiger partial charge on any atom is 0.380 e. The number of hydrogen-bond donors (Lipinski definition) is 1. The molecule has 0 fully saturated rings. The van der Waals surface area contributed by atoms with Crippen molar-refractivity contribution in [2.45, 2.75) is 0 Å². The van der Waals surface area contributed by atoms with Gasteiger partial charge in [-0.15, -0.1) is 0 Å². The van der Waals surface area contributed by atoms with Gasteiger partial charge in [0.15, 0.2) is 5.75 Å². The highest BCUT2D eigenvalue weighted by molar-refractivity contribution is 7.84. The highest BCUT2D eigenvalue weighted by Gasteiger charge is 2.10. The highest BCUT2D eigenvalue weighted by Crippen LogP contribution is 2.31. The zero-order valence-electron chi connectivity index (χ0n) is 6.20. The molecule has 1 rings (SSSR count). The third kappa shape index (κ3) is 3.04. The average Bonchev–Trinajstić information content (AvgIpc) is 1.96. The maximum atomic E-state index is 10.5. The number of hydrogen-bond acceptors (Lipinski definition) is 3. The molecule has 0 saturated heterocycles. The third-order valence-electron chi connectivity index (χ3n) is 1.12. The Morgan fingerprint density at radius 2 is 1.92 bits per heavy atom. The standard InChI is InChI=1S/C6H5Cl2NO3S/c7-4-2-1-3-5(6(4)8)12-13(9,10)11/h1-3H,(H2,9,10,11). The minimum atomic E-state index is -4.06. The first kappa shape index (κ1) is 10.6. The summed E-state index contributed by atoms with van der Waals surface area (Å²) < 4.78 is 25.4. The predicted molar refractivity (Wildman–Crippen MR) is 50.2 cm³/mol. The van der Waals surface area contributed by atoms with Crippen molar-refractivity contribution in [3.63, 3.8) is 0 Å². The molecule has 0 aliphatic carbocycles. The minimum absolute atomic E-state index is 0.0122. The van der Waals surface area contributed by atoms with E-state index >= 15 is 0 Å². The second-order valence-electron chi connectivity index (χ2n) is 2.13. The molecule has 0 amide bonds. The Morgan fingerprint density at radius 3 is 2.46 bits per heavy atom. The van der Waals surface area contributed by atoms with Gasteiger partial charge in [0, 0.05) is 0 Å². The fourth-order valence-electron chi connectivity index (χ4n) is 0.674. The van der Waals surface area contributed by atoms with Crippen LogP contribution in [-0.4, -0.2) is 8.42 Å². The lowest BCUT2D eigenvalue weighted by atomic mass is 10.3. The smallest absolute Gasteiger partial charge is 0.369 e. The van der Waals surface area contributed by atoms with E-state index in [2.05, 4.69) is 9.32 Å². The first-order chi connectivity index (χ1) is 5.90. The second kappa shape index (κ2) is 3.71. The van der Waals surface area contributed by atoms with E-state index in [1.165, 1.54) is 18.2 Å². The van der Waals surface area contributed by atoms with Gasteiger partial charge in [-0.2, -0.15) is 13.6 Å². The molecule has 4 nitrogen and oxygen atoms in total. The summed E-state index contributed by atoms with van der Waals surface area (Å²) in [4.78, 5) is 0. The van der Waals surface area contributed by atoms with E-state index in [0.29, 0.717) is 0 Å². The van der Waals surface area contributed by atoms with Crippen molar-refractivity contribution in [2.24, 2.45) is 5.14 Å². The van der Waals surface area contributed by atoms with Gasteiger partial charge in [-0.1, -0.05) is 29.3 Å². The molecule has 7 heteroatoms. The third-order valence-corrected chi connectivity index (χ3v) is 2.34. The van der Waals surface area contributed by atoms with Crippen molar-refractivity contribution in [1.29, 1.82) is 0 Å². The van der Waals surface area contributed by atoms with Crippen molar-refractivity contribution in [2.75, 3.05) is 0 Å². The molecule has 1 aromatic rings. The van der Waals surface area contributed by atoms with E-state index in [1.807, 2.05) is 0 Å². The Bertz CT molecular complexity index is 418. The molecule has 0 heterocycles. The molecule has 0 aromatic heterocycles. The van der Waals surface area contributed by atoms with Crippen LogP contribution in [0.3, 0.4) is 0 Å². The number of nitrogens with two attached hydrogens (primary N) is 1. The Morgan fingerprint density at radius 1 is 1.31 bits per heavy atom. The molecule has 2 N–H and O–H groups in total. The number of halogens is 2. The fourth-order valence-corrected chi connectivity index (χ4v) is 1.44. The lowest BCUT2D eigenvalue weighted by Gasteiger charge is -2.04. The summed E-state index contributed by atoms with van der Waals surface area (Å²) in [5.41, 5.74) is 0. The first-order valence-corrected chi connectivity index (χ1v) is 5.29. The Hall–Kier alpha value is -0.490. The van der Waals surface area contributed by atoms with E-state index in [4.69, 9.17) is 23.2 Å². The van der Waals surface area contributed by atoms with Gasteiger partial charge < -0.3 is 4.18 Å². The van der Waals surface area contributed by atoms with E-state index in [-0.39, 0.29) is 15.8 Å². The van der Waals surface area contributed by atoms with E-state index < -0.39 is 10.3 Å². The van der Waals surface area contributed by atoms with Crippen LogP contribution < -0.4 is 9.32 Å². The van der Waals surface area contributed by atoms with Crippen LogP contribution in [0.15, 0.2) is 18.2 Å². The first-order valence-electron chi connectivity index (χ1n) is 3.06. The summed E-state index contributed by atoms with van der Waals surface area (Å²) in [6.45, 7) is 0. The van der Waals surface area contributed by atoms with Gasteiger partial charge in [0.25, 0.3) is 0 Å². The van der Waals surface area contributed by atoms with Crippen LogP contribution >= 0.6 is 23.2 Å².